The Morgan fingerprint density at radius 1 is 1.45 bits per heavy atom. The molecule has 1 unspecified atom stereocenters. The van der Waals surface area contributed by atoms with Crippen molar-refractivity contribution in [1.29, 1.82) is 0 Å². The minimum atomic E-state index is -0.197. The molecule has 1 fully saturated rings. The van der Waals surface area contributed by atoms with Gasteiger partial charge in [-0.2, -0.15) is 0 Å². The lowest BCUT2D eigenvalue weighted by Crippen LogP contribution is -2.13. The van der Waals surface area contributed by atoms with E-state index >= 15 is 0 Å². The van der Waals surface area contributed by atoms with E-state index in [-0.39, 0.29) is 5.82 Å². The Morgan fingerprint density at radius 3 is 2.90 bits per heavy atom. The number of aromatic nitrogens is 2. The van der Waals surface area contributed by atoms with Crippen molar-refractivity contribution in [2.24, 2.45) is 5.92 Å². The van der Waals surface area contributed by atoms with Gasteiger partial charge in [0.15, 0.2) is 0 Å². The van der Waals surface area contributed by atoms with Crippen LogP contribution in [-0.2, 0) is 6.42 Å². The fourth-order valence-corrected chi connectivity index (χ4v) is 3.15. The molecule has 1 aliphatic rings. The highest BCUT2D eigenvalue weighted by atomic mass is 35.5. The Bertz CT molecular complexity index is 604. The van der Waals surface area contributed by atoms with Gasteiger partial charge in [0.1, 0.15) is 11.6 Å². The van der Waals surface area contributed by atoms with Gasteiger partial charge in [0, 0.05) is 18.3 Å². The molecular formula is C16H20ClFN2. The molecule has 1 aromatic carbocycles. The summed E-state index contributed by atoms with van der Waals surface area (Å²) in [5.41, 5.74) is 1.79. The van der Waals surface area contributed by atoms with Crippen LogP contribution >= 0.6 is 11.6 Å². The fraction of sp³-hybridized carbons (Fsp3) is 0.562. The molecule has 20 heavy (non-hydrogen) atoms. The van der Waals surface area contributed by atoms with Crippen molar-refractivity contribution in [2.45, 2.75) is 45.1 Å². The maximum atomic E-state index is 13.6. The predicted molar refractivity (Wildman–Crippen MR) is 80.8 cm³/mol. The third-order valence-corrected chi connectivity index (χ3v) is 4.37. The summed E-state index contributed by atoms with van der Waals surface area (Å²) >= 11 is 5.91. The van der Waals surface area contributed by atoms with Crippen LogP contribution in [0, 0.1) is 11.7 Å². The number of fused-ring (bicyclic) bond motifs is 1. The average molecular weight is 295 g/mol. The summed E-state index contributed by atoms with van der Waals surface area (Å²) in [5.74, 6) is 2.19. The normalized spacial score (nSPS) is 16.8. The first-order chi connectivity index (χ1) is 9.72. The molecule has 0 N–H and O–H groups in total. The van der Waals surface area contributed by atoms with E-state index in [1.54, 1.807) is 12.1 Å². The highest BCUT2D eigenvalue weighted by Crippen LogP contribution is 2.39. The second-order valence-electron chi connectivity index (χ2n) is 5.71. The molecule has 0 radical (unpaired) electrons. The summed E-state index contributed by atoms with van der Waals surface area (Å²) in [6.45, 7) is 2.20. The van der Waals surface area contributed by atoms with Crippen LogP contribution in [0.2, 0.25) is 0 Å². The Morgan fingerprint density at radius 2 is 2.25 bits per heavy atom. The van der Waals surface area contributed by atoms with Crippen molar-refractivity contribution in [3.05, 3.63) is 29.8 Å². The molecule has 2 aromatic rings. The number of nitrogens with zero attached hydrogens (tertiary/aromatic N) is 2. The van der Waals surface area contributed by atoms with Crippen molar-refractivity contribution in [3.63, 3.8) is 0 Å². The van der Waals surface area contributed by atoms with E-state index in [1.165, 1.54) is 25.3 Å². The van der Waals surface area contributed by atoms with Gasteiger partial charge in [0.25, 0.3) is 0 Å². The smallest absolute Gasteiger partial charge is 0.125 e. The van der Waals surface area contributed by atoms with E-state index in [1.807, 2.05) is 0 Å². The number of alkyl halides is 1. The molecule has 4 heteroatoms. The van der Waals surface area contributed by atoms with Crippen molar-refractivity contribution in [1.82, 2.24) is 9.55 Å². The first kappa shape index (κ1) is 13.9. The molecule has 0 saturated heterocycles. The first-order valence-electron chi connectivity index (χ1n) is 7.45. The van der Waals surface area contributed by atoms with Crippen LogP contribution in [0.5, 0.6) is 0 Å². The Kier molecular flexibility index (Phi) is 3.97. The van der Waals surface area contributed by atoms with E-state index in [2.05, 4.69) is 16.5 Å². The summed E-state index contributed by atoms with van der Waals surface area (Å²) in [4.78, 5) is 4.65. The maximum absolute atomic E-state index is 13.6. The molecule has 0 aliphatic heterocycles. The molecule has 0 amide bonds. The lowest BCUT2D eigenvalue weighted by Gasteiger charge is -2.20. The highest BCUT2D eigenvalue weighted by Gasteiger charge is 2.27. The van der Waals surface area contributed by atoms with Crippen molar-refractivity contribution in [3.8, 4) is 0 Å². The molecule has 2 nitrogen and oxygen atoms in total. The second-order valence-corrected chi connectivity index (χ2v) is 6.09. The number of rotatable bonds is 6. The fourth-order valence-electron chi connectivity index (χ4n) is 2.98. The molecule has 1 aliphatic carbocycles. The third kappa shape index (κ3) is 2.69. The zero-order chi connectivity index (χ0) is 14.1. The molecule has 1 atom stereocenters. The number of imidazole rings is 1. The van der Waals surface area contributed by atoms with Crippen LogP contribution in [0.4, 0.5) is 4.39 Å². The molecule has 1 saturated carbocycles. The number of hydrogen-bond acceptors (Lipinski definition) is 1. The topological polar surface area (TPSA) is 17.8 Å². The number of benzene rings is 1. The standard InChI is InChI=1S/C16H20ClFN2/c1-2-13(9-11-3-4-11)20-15-10-12(18)5-6-14(15)19-16(20)7-8-17/h5-6,10-11,13H,2-4,7-9H2,1H3. The second kappa shape index (κ2) is 5.72. The summed E-state index contributed by atoms with van der Waals surface area (Å²) in [7, 11) is 0. The summed E-state index contributed by atoms with van der Waals surface area (Å²) in [6.07, 6.45) is 5.63. The first-order valence-corrected chi connectivity index (χ1v) is 7.98. The SMILES string of the molecule is CCC(CC1CC1)n1c(CCCl)nc2ccc(F)cc21. The molecular weight excluding hydrogens is 275 g/mol. The van der Waals surface area contributed by atoms with Gasteiger partial charge in [-0.25, -0.2) is 9.37 Å². The number of aryl methyl sites for hydroxylation is 1. The maximum Gasteiger partial charge on any atom is 0.125 e. The Labute approximate surface area is 123 Å². The molecule has 1 aromatic heterocycles. The lowest BCUT2D eigenvalue weighted by atomic mass is 10.1. The van der Waals surface area contributed by atoms with Gasteiger partial charge in [-0.15, -0.1) is 11.6 Å². The van der Waals surface area contributed by atoms with Gasteiger partial charge in [-0.3, -0.25) is 0 Å². The van der Waals surface area contributed by atoms with Crippen LogP contribution in [0.1, 0.15) is 44.5 Å². The van der Waals surface area contributed by atoms with E-state index < -0.39 is 0 Å². The zero-order valence-corrected chi connectivity index (χ0v) is 12.5. The molecule has 0 spiro atoms. The largest absolute Gasteiger partial charge is 0.325 e. The third-order valence-electron chi connectivity index (χ3n) is 4.18. The Balaban J connectivity index is 2.07. The van der Waals surface area contributed by atoms with Crippen LogP contribution < -0.4 is 0 Å². The van der Waals surface area contributed by atoms with Gasteiger partial charge in [-0.05, 0) is 37.0 Å². The van der Waals surface area contributed by atoms with E-state index in [4.69, 9.17) is 11.6 Å². The van der Waals surface area contributed by atoms with E-state index in [9.17, 15) is 4.39 Å². The van der Waals surface area contributed by atoms with Crippen LogP contribution in [0.3, 0.4) is 0 Å². The van der Waals surface area contributed by atoms with Crippen molar-refractivity contribution < 1.29 is 4.39 Å². The quantitative estimate of drug-likeness (QED) is 0.706. The minimum absolute atomic E-state index is 0.197. The molecule has 1 heterocycles. The summed E-state index contributed by atoms with van der Waals surface area (Å²) < 4.78 is 15.8. The zero-order valence-electron chi connectivity index (χ0n) is 11.8. The summed E-state index contributed by atoms with van der Waals surface area (Å²) in [6, 6.07) is 5.26. The van der Waals surface area contributed by atoms with Crippen LogP contribution in [0.25, 0.3) is 11.0 Å². The Hall–Kier alpha value is -1.09. The van der Waals surface area contributed by atoms with Crippen molar-refractivity contribution in [2.75, 3.05) is 5.88 Å². The van der Waals surface area contributed by atoms with Crippen molar-refractivity contribution >= 4 is 22.6 Å². The molecule has 0 bridgehead atoms. The molecule has 108 valence electrons. The van der Waals surface area contributed by atoms with E-state index in [0.29, 0.717) is 11.9 Å². The highest BCUT2D eigenvalue weighted by molar-refractivity contribution is 6.17. The average Bonchev–Trinajstić information content (AvgIpc) is 3.18. The van der Waals surface area contributed by atoms with Gasteiger partial charge in [0.2, 0.25) is 0 Å². The predicted octanol–water partition coefficient (Wildman–Crippen LogP) is 4.71. The molecule has 3 rings (SSSR count). The van der Waals surface area contributed by atoms with Crippen LogP contribution in [0.15, 0.2) is 18.2 Å². The minimum Gasteiger partial charge on any atom is -0.325 e. The van der Waals surface area contributed by atoms with Gasteiger partial charge < -0.3 is 4.57 Å². The monoisotopic (exact) mass is 294 g/mol. The van der Waals surface area contributed by atoms with Crippen LogP contribution in [-0.4, -0.2) is 15.4 Å². The van der Waals surface area contributed by atoms with Gasteiger partial charge >= 0.3 is 0 Å². The number of halogens is 2. The number of hydrogen-bond donors (Lipinski definition) is 0. The summed E-state index contributed by atoms with van der Waals surface area (Å²) in [5, 5.41) is 0. The van der Waals surface area contributed by atoms with E-state index in [0.717, 1.165) is 35.6 Å². The lowest BCUT2D eigenvalue weighted by molar-refractivity contribution is 0.426. The van der Waals surface area contributed by atoms with Gasteiger partial charge in [-0.1, -0.05) is 19.8 Å². The van der Waals surface area contributed by atoms with Gasteiger partial charge in [0.05, 0.1) is 11.0 Å².